The van der Waals surface area contributed by atoms with Crippen LogP contribution in [0.25, 0.3) is 0 Å². The molecule has 1 fully saturated rings. The van der Waals surface area contributed by atoms with Crippen LogP contribution in [0.3, 0.4) is 0 Å². The van der Waals surface area contributed by atoms with E-state index in [1.54, 1.807) is 6.20 Å². The van der Waals surface area contributed by atoms with Gasteiger partial charge < -0.3 is 15.5 Å². The van der Waals surface area contributed by atoms with Crippen molar-refractivity contribution in [2.45, 2.75) is 12.8 Å². The first-order chi connectivity index (χ1) is 12.6. The highest BCUT2D eigenvalue weighted by Gasteiger charge is 2.21. The Morgan fingerprint density at radius 1 is 1.15 bits per heavy atom. The SMILES string of the molecule is O=C(NCC1CCN(c2cccnc2)CC1)C(=O)Nc1cccc(F)c1. The van der Waals surface area contributed by atoms with E-state index >= 15 is 0 Å². The van der Waals surface area contributed by atoms with Crippen molar-refractivity contribution in [2.75, 3.05) is 29.9 Å². The van der Waals surface area contributed by atoms with E-state index in [0.717, 1.165) is 31.6 Å². The molecule has 2 N–H and O–H groups in total. The third-order valence-corrected chi connectivity index (χ3v) is 4.47. The molecule has 1 aromatic heterocycles. The monoisotopic (exact) mass is 356 g/mol. The average molecular weight is 356 g/mol. The second kappa shape index (κ2) is 8.42. The molecule has 2 aromatic rings. The number of anilines is 2. The van der Waals surface area contributed by atoms with Crippen LogP contribution < -0.4 is 15.5 Å². The minimum Gasteiger partial charge on any atom is -0.370 e. The first-order valence-electron chi connectivity index (χ1n) is 8.61. The Balaban J connectivity index is 1.42. The van der Waals surface area contributed by atoms with Gasteiger partial charge in [0, 0.05) is 31.5 Å². The van der Waals surface area contributed by atoms with Gasteiger partial charge in [-0.1, -0.05) is 6.07 Å². The summed E-state index contributed by atoms with van der Waals surface area (Å²) in [5.41, 5.74) is 1.36. The van der Waals surface area contributed by atoms with Gasteiger partial charge in [0.2, 0.25) is 0 Å². The van der Waals surface area contributed by atoms with Crippen LogP contribution >= 0.6 is 0 Å². The van der Waals surface area contributed by atoms with Gasteiger partial charge in [0.15, 0.2) is 0 Å². The van der Waals surface area contributed by atoms with Gasteiger partial charge in [-0.05, 0) is 49.1 Å². The van der Waals surface area contributed by atoms with E-state index in [1.165, 1.54) is 24.3 Å². The lowest BCUT2D eigenvalue weighted by Gasteiger charge is -2.33. The molecule has 2 heterocycles. The molecule has 1 saturated heterocycles. The summed E-state index contributed by atoms with van der Waals surface area (Å²) in [5.74, 6) is -1.63. The zero-order chi connectivity index (χ0) is 18.4. The van der Waals surface area contributed by atoms with Gasteiger partial charge in [-0.2, -0.15) is 0 Å². The fourth-order valence-corrected chi connectivity index (χ4v) is 3.01. The molecule has 7 heteroatoms. The third kappa shape index (κ3) is 4.78. The van der Waals surface area contributed by atoms with Crippen LogP contribution in [0.1, 0.15) is 12.8 Å². The van der Waals surface area contributed by atoms with Crippen LogP contribution in [0.5, 0.6) is 0 Å². The normalized spacial score (nSPS) is 14.7. The number of carbonyl (C=O) groups excluding carboxylic acids is 2. The number of nitrogens with one attached hydrogen (secondary N) is 2. The van der Waals surface area contributed by atoms with E-state index in [0.29, 0.717) is 12.5 Å². The number of aromatic nitrogens is 1. The summed E-state index contributed by atoms with van der Waals surface area (Å²) in [6, 6.07) is 9.39. The minimum atomic E-state index is -0.789. The molecule has 0 unspecified atom stereocenters. The molecule has 6 nitrogen and oxygen atoms in total. The van der Waals surface area contributed by atoms with E-state index < -0.39 is 17.6 Å². The zero-order valence-electron chi connectivity index (χ0n) is 14.3. The Morgan fingerprint density at radius 3 is 2.65 bits per heavy atom. The predicted octanol–water partition coefficient (Wildman–Crippen LogP) is 2.19. The molecular formula is C19H21FN4O2. The van der Waals surface area contributed by atoms with Gasteiger partial charge in [-0.25, -0.2) is 4.39 Å². The first-order valence-corrected chi connectivity index (χ1v) is 8.61. The number of halogens is 1. The summed E-state index contributed by atoms with van der Waals surface area (Å²) in [5, 5.41) is 5.06. The number of benzene rings is 1. The first kappa shape index (κ1) is 17.8. The number of hydrogen-bond donors (Lipinski definition) is 2. The van der Waals surface area contributed by atoms with Gasteiger partial charge in [0.05, 0.1) is 11.9 Å². The average Bonchev–Trinajstić information content (AvgIpc) is 2.67. The molecule has 1 aliphatic rings. The van der Waals surface area contributed by atoms with Crippen molar-refractivity contribution >= 4 is 23.2 Å². The van der Waals surface area contributed by atoms with Crippen LogP contribution in [0.15, 0.2) is 48.8 Å². The quantitative estimate of drug-likeness (QED) is 0.824. The lowest BCUT2D eigenvalue weighted by molar-refractivity contribution is -0.136. The Morgan fingerprint density at radius 2 is 1.96 bits per heavy atom. The number of piperidine rings is 1. The Hall–Kier alpha value is -2.96. The van der Waals surface area contributed by atoms with Gasteiger partial charge in [-0.3, -0.25) is 14.6 Å². The Bertz CT molecular complexity index is 761. The fourth-order valence-electron chi connectivity index (χ4n) is 3.01. The zero-order valence-corrected chi connectivity index (χ0v) is 14.3. The van der Waals surface area contributed by atoms with Crippen molar-refractivity contribution in [3.63, 3.8) is 0 Å². The standard InChI is InChI=1S/C19H21FN4O2/c20-15-3-1-4-16(11-15)23-19(26)18(25)22-12-14-6-9-24(10-7-14)17-5-2-8-21-13-17/h1-5,8,11,13-14H,6-7,9-10,12H2,(H,22,25)(H,23,26). The molecule has 0 atom stereocenters. The van der Waals surface area contributed by atoms with E-state index in [9.17, 15) is 14.0 Å². The topological polar surface area (TPSA) is 74.3 Å². The molecule has 0 saturated carbocycles. The summed E-state index contributed by atoms with van der Waals surface area (Å²) in [4.78, 5) is 30.2. The van der Waals surface area contributed by atoms with E-state index in [2.05, 4.69) is 20.5 Å². The summed E-state index contributed by atoms with van der Waals surface area (Å²) in [6.07, 6.45) is 5.46. The number of nitrogens with zero attached hydrogens (tertiary/aromatic N) is 2. The highest BCUT2D eigenvalue weighted by Crippen LogP contribution is 2.21. The summed E-state index contributed by atoms with van der Waals surface area (Å²) in [7, 11) is 0. The van der Waals surface area contributed by atoms with Crippen LogP contribution in [0.2, 0.25) is 0 Å². The minimum absolute atomic E-state index is 0.259. The maximum atomic E-state index is 13.1. The van der Waals surface area contributed by atoms with E-state index in [4.69, 9.17) is 0 Å². The fraction of sp³-hybridized carbons (Fsp3) is 0.316. The maximum Gasteiger partial charge on any atom is 0.313 e. The highest BCUT2D eigenvalue weighted by molar-refractivity contribution is 6.39. The van der Waals surface area contributed by atoms with Gasteiger partial charge in [0.1, 0.15) is 5.82 Å². The number of rotatable bonds is 4. The van der Waals surface area contributed by atoms with Crippen molar-refractivity contribution in [1.82, 2.24) is 10.3 Å². The summed E-state index contributed by atoms with van der Waals surface area (Å²) in [6.45, 7) is 2.24. The third-order valence-electron chi connectivity index (χ3n) is 4.47. The molecule has 0 bridgehead atoms. The molecule has 1 aliphatic heterocycles. The summed E-state index contributed by atoms with van der Waals surface area (Å²) >= 11 is 0. The molecule has 1 aromatic carbocycles. The highest BCUT2D eigenvalue weighted by atomic mass is 19.1. The smallest absolute Gasteiger partial charge is 0.313 e. The van der Waals surface area contributed by atoms with Gasteiger partial charge in [-0.15, -0.1) is 0 Å². The van der Waals surface area contributed by atoms with E-state index in [-0.39, 0.29) is 5.69 Å². The number of amides is 2. The molecule has 2 amide bonds. The number of carbonyl (C=O) groups is 2. The van der Waals surface area contributed by atoms with Crippen molar-refractivity contribution in [2.24, 2.45) is 5.92 Å². The molecule has 0 spiro atoms. The van der Waals surface area contributed by atoms with Gasteiger partial charge >= 0.3 is 11.8 Å². The molecule has 0 aliphatic carbocycles. The lowest BCUT2D eigenvalue weighted by Crippen LogP contribution is -2.41. The lowest BCUT2D eigenvalue weighted by atomic mass is 9.96. The Labute approximate surface area is 151 Å². The molecule has 3 rings (SSSR count). The molecule has 26 heavy (non-hydrogen) atoms. The summed E-state index contributed by atoms with van der Waals surface area (Å²) < 4.78 is 13.1. The maximum absolute atomic E-state index is 13.1. The molecule has 136 valence electrons. The number of hydrogen-bond acceptors (Lipinski definition) is 4. The predicted molar refractivity (Wildman–Crippen MR) is 97.2 cm³/mol. The van der Waals surface area contributed by atoms with Crippen LogP contribution in [-0.2, 0) is 9.59 Å². The van der Waals surface area contributed by atoms with Crippen LogP contribution in [0, 0.1) is 11.7 Å². The molecular weight excluding hydrogens is 335 g/mol. The molecule has 0 radical (unpaired) electrons. The second-order valence-corrected chi connectivity index (χ2v) is 6.32. The largest absolute Gasteiger partial charge is 0.370 e. The van der Waals surface area contributed by atoms with Crippen molar-refractivity contribution in [3.8, 4) is 0 Å². The van der Waals surface area contributed by atoms with Crippen molar-refractivity contribution < 1.29 is 14.0 Å². The van der Waals surface area contributed by atoms with Crippen molar-refractivity contribution in [1.29, 1.82) is 0 Å². The van der Waals surface area contributed by atoms with Crippen LogP contribution in [-0.4, -0.2) is 36.4 Å². The second-order valence-electron chi connectivity index (χ2n) is 6.32. The van der Waals surface area contributed by atoms with Gasteiger partial charge in [0.25, 0.3) is 0 Å². The Kier molecular flexibility index (Phi) is 5.78. The van der Waals surface area contributed by atoms with E-state index in [1.807, 2.05) is 18.3 Å². The number of pyridine rings is 1. The van der Waals surface area contributed by atoms with Crippen LogP contribution in [0.4, 0.5) is 15.8 Å². The van der Waals surface area contributed by atoms with Crippen molar-refractivity contribution in [3.05, 3.63) is 54.6 Å².